The van der Waals surface area contributed by atoms with Gasteiger partial charge in [-0.25, -0.2) is 4.79 Å². The zero-order valence-corrected chi connectivity index (χ0v) is 23.3. The van der Waals surface area contributed by atoms with E-state index in [1.54, 1.807) is 0 Å². The van der Waals surface area contributed by atoms with E-state index >= 15 is 0 Å². The zero-order valence-electron chi connectivity index (χ0n) is 21.7. The quantitative estimate of drug-likeness (QED) is 0.412. The van der Waals surface area contributed by atoms with E-state index < -0.39 is 17.8 Å². The summed E-state index contributed by atoms with van der Waals surface area (Å²) in [7, 11) is 0. The summed E-state index contributed by atoms with van der Waals surface area (Å²) in [5.41, 5.74) is 0.897. The van der Waals surface area contributed by atoms with Gasteiger partial charge in [-0.2, -0.15) is 0 Å². The molecule has 1 saturated carbocycles. The summed E-state index contributed by atoms with van der Waals surface area (Å²) in [5.74, 6) is 0.408. The van der Waals surface area contributed by atoms with Gasteiger partial charge in [0.25, 0.3) is 5.91 Å². The minimum atomic E-state index is -0.760. The predicted octanol–water partition coefficient (Wildman–Crippen LogP) is 3.78. The molecular formula is C26H39BrN2O7. The number of ether oxygens (including phenoxy) is 3. The maximum atomic E-state index is 13.7. The number of halogens is 1. The van der Waals surface area contributed by atoms with Crippen molar-refractivity contribution in [2.24, 2.45) is 0 Å². The first-order valence-electron chi connectivity index (χ1n) is 12.6. The van der Waals surface area contributed by atoms with E-state index in [-0.39, 0.29) is 44.4 Å². The van der Waals surface area contributed by atoms with Crippen LogP contribution in [0, 0.1) is 0 Å². The molecule has 1 aromatic carbocycles. The van der Waals surface area contributed by atoms with E-state index in [2.05, 4.69) is 15.9 Å². The highest BCUT2D eigenvalue weighted by Crippen LogP contribution is 2.39. The fourth-order valence-electron chi connectivity index (χ4n) is 4.21. The van der Waals surface area contributed by atoms with Crippen LogP contribution in [0.15, 0.2) is 16.6 Å². The Morgan fingerprint density at radius 3 is 2.58 bits per heavy atom. The Labute approximate surface area is 221 Å². The normalized spacial score (nSPS) is 19.1. The molecule has 10 heteroatoms. The maximum Gasteiger partial charge on any atom is 0.410 e. The molecule has 0 radical (unpaired) electrons. The molecule has 1 aromatic rings. The van der Waals surface area contributed by atoms with Gasteiger partial charge in [-0.05, 0) is 71.1 Å². The Balaban J connectivity index is 1.78. The molecule has 2 fully saturated rings. The van der Waals surface area contributed by atoms with Crippen LogP contribution in [-0.4, -0.2) is 82.7 Å². The topological polar surface area (TPSA) is 109 Å². The van der Waals surface area contributed by atoms with Crippen LogP contribution in [0.2, 0.25) is 0 Å². The number of amides is 2. The van der Waals surface area contributed by atoms with Crippen molar-refractivity contribution >= 4 is 27.9 Å². The molecule has 2 amide bonds. The number of aliphatic hydroxyl groups excluding tert-OH is 2. The van der Waals surface area contributed by atoms with Crippen LogP contribution < -0.4 is 4.74 Å². The minimum absolute atomic E-state index is 0.101. The van der Waals surface area contributed by atoms with Crippen LogP contribution in [0.4, 0.5) is 4.79 Å². The number of unbranched alkanes of at least 4 members (excludes halogenated alkanes) is 1. The third kappa shape index (κ3) is 7.57. The second kappa shape index (κ2) is 12.6. The molecule has 1 heterocycles. The third-order valence-electron chi connectivity index (χ3n) is 6.23. The summed E-state index contributed by atoms with van der Waals surface area (Å²) in [6.45, 7) is 8.54. The average Bonchev–Trinajstić information content (AvgIpc) is 3.65. The van der Waals surface area contributed by atoms with Gasteiger partial charge in [0.05, 0.1) is 32.4 Å². The van der Waals surface area contributed by atoms with Crippen molar-refractivity contribution in [1.82, 2.24) is 9.80 Å². The van der Waals surface area contributed by atoms with E-state index in [1.165, 1.54) is 4.90 Å². The molecule has 9 nitrogen and oxygen atoms in total. The molecule has 1 aliphatic heterocycles. The first-order chi connectivity index (χ1) is 17.1. The van der Waals surface area contributed by atoms with Crippen molar-refractivity contribution < 1.29 is 34.0 Å². The number of nitrogens with zero attached hydrogens (tertiary/aromatic N) is 2. The van der Waals surface area contributed by atoms with Crippen LogP contribution in [-0.2, 0) is 20.9 Å². The summed E-state index contributed by atoms with van der Waals surface area (Å²) in [5, 5.41) is 18.9. The average molecular weight is 572 g/mol. The minimum Gasteiger partial charge on any atom is -0.493 e. The highest BCUT2D eigenvalue weighted by molar-refractivity contribution is 9.10. The molecule has 0 aromatic heterocycles. The molecule has 0 spiro atoms. The Kier molecular flexibility index (Phi) is 10.0. The lowest BCUT2D eigenvalue weighted by molar-refractivity contribution is -0.151. The number of hydrogen-bond acceptors (Lipinski definition) is 7. The molecule has 36 heavy (non-hydrogen) atoms. The van der Waals surface area contributed by atoms with Crippen LogP contribution in [0.25, 0.3) is 0 Å². The highest BCUT2D eigenvalue weighted by Gasteiger charge is 2.42. The number of carbonyl (C=O) groups is 2. The number of rotatable bonds is 10. The van der Waals surface area contributed by atoms with Crippen molar-refractivity contribution in [2.45, 2.75) is 83.8 Å². The van der Waals surface area contributed by atoms with E-state index in [1.807, 2.05) is 44.7 Å². The maximum absolute atomic E-state index is 13.7. The molecule has 1 saturated heterocycles. The lowest BCUT2D eigenvalue weighted by atomic mass is 10.0. The summed E-state index contributed by atoms with van der Waals surface area (Å²) >= 11 is 3.55. The summed E-state index contributed by atoms with van der Waals surface area (Å²) in [6, 6.07) is 3.62. The molecule has 0 bridgehead atoms. The van der Waals surface area contributed by atoms with Gasteiger partial charge in [-0.15, -0.1) is 0 Å². The number of morpholine rings is 1. The summed E-state index contributed by atoms with van der Waals surface area (Å²) < 4.78 is 18.0. The van der Waals surface area contributed by atoms with Gasteiger partial charge in [-0.3, -0.25) is 4.79 Å². The smallest absolute Gasteiger partial charge is 0.410 e. The molecular weight excluding hydrogens is 532 g/mol. The van der Waals surface area contributed by atoms with Gasteiger partial charge in [-0.1, -0.05) is 15.9 Å². The monoisotopic (exact) mass is 570 g/mol. The second-order valence-electron chi connectivity index (χ2n) is 10.4. The van der Waals surface area contributed by atoms with E-state index in [0.29, 0.717) is 41.8 Å². The molecule has 3 rings (SSSR count). The largest absolute Gasteiger partial charge is 0.493 e. The number of carbonyl (C=O) groups excluding carboxylic acids is 2. The van der Waals surface area contributed by atoms with Gasteiger partial charge in [0, 0.05) is 29.2 Å². The molecule has 2 aliphatic rings. The Hall–Kier alpha value is -1.88. The first-order valence-corrected chi connectivity index (χ1v) is 13.4. The summed E-state index contributed by atoms with van der Waals surface area (Å²) in [4.78, 5) is 29.7. The van der Waals surface area contributed by atoms with Crippen molar-refractivity contribution in [3.63, 3.8) is 0 Å². The van der Waals surface area contributed by atoms with Crippen molar-refractivity contribution in [3.8, 4) is 5.75 Å². The Bertz CT molecular complexity index is 916. The van der Waals surface area contributed by atoms with Crippen molar-refractivity contribution in [2.75, 3.05) is 32.9 Å². The van der Waals surface area contributed by atoms with Gasteiger partial charge in [0.1, 0.15) is 11.4 Å². The molecule has 1 unspecified atom stereocenters. The first kappa shape index (κ1) is 28.7. The second-order valence-corrected chi connectivity index (χ2v) is 11.2. The number of hydrogen-bond donors (Lipinski definition) is 2. The standard InChI is InChI=1S/C26H39BrN2O7/c1-17(18-13-21(27)20(16-31)22(14-18)34-11-6-5-10-30)29(19-7-8-19)24(32)23-15-28(9-12-35-23)25(33)36-26(2,3)4/h13-14,17,19,23,30-31H,5-12,15-16H2,1-4H3/t17?,23-/m1/s1. The van der Waals surface area contributed by atoms with Gasteiger partial charge in [0.2, 0.25) is 0 Å². The fourth-order valence-corrected chi connectivity index (χ4v) is 4.79. The summed E-state index contributed by atoms with van der Waals surface area (Å²) in [6.07, 6.45) is 1.96. The molecule has 2 atom stereocenters. The fraction of sp³-hybridized carbons (Fsp3) is 0.692. The lowest BCUT2D eigenvalue weighted by Crippen LogP contribution is -2.54. The Morgan fingerprint density at radius 2 is 1.97 bits per heavy atom. The van der Waals surface area contributed by atoms with E-state index in [9.17, 15) is 14.7 Å². The third-order valence-corrected chi connectivity index (χ3v) is 6.94. The van der Waals surface area contributed by atoms with E-state index in [0.717, 1.165) is 18.4 Å². The van der Waals surface area contributed by atoms with Crippen LogP contribution in [0.5, 0.6) is 5.75 Å². The van der Waals surface area contributed by atoms with Crippen molar-refractivity contribution in [3.05, 3.63) is 27.7 Å². The van der Waals surface area contributed by atoms with Crippen LogP contribution in [0.1, 0.15) is 70.5 Å². The van der Waals surface area contributed by atoms with Gasteiger partial charge < -0.3 is 34.2 Å². The SMILES string of the molecule is CC(c1cc(Br)c(CO)c(OCCCCO)c1)N(C(=O)[C@H]1CN(C(=O)OC(C)(C)C)CCO1)C1CC1. The predicted molar refractivity (Wildman–Crippen MR) is 138 cm³/mol. The van der Waals surface area contributed by atoms with E-state index in [4.69, 9.17) is 19.3 Å². The highest BCUT2D eigenvalue weighted by atomic mass is 79.9. The molecule has 1 aliphatic carbocycles. The molecule has 202 valence electrons. The Morgan fingerprint density at radius 1 is 1.25 bits per heavy atom. The lowest BCUT2D eigenvalue weighted by Gasteiger charge is -2.38. The van der Waals surface area contributed by atoms with Gasteiger partial charge >= 0.3 is 6.09 Å². The number of benzene rings is 1. The zero-order chi connectivity index (χ0) is 26.5. The van der Waals surface area contributed by atoms with Crippen molar-refractivity contribution in [1.29, 1.82) is 0 Å². The number of aliphatic hydroxyl groups is 2. The van der Waals surface area contributed by atoms with Crippen LogP contribution in [0.3, 0.4) is 0 Å². The van der Waals surface area contributed by atoms with Gasteiger partial charge in [0.15, 0.2) is 6.10 Å². The molecule has 2 N–H and O–H groups in total. The van der Waals surface area contributed by atoms with Crippen LogP contribution >= 0.6 is 15.9 Å².